The molecule has 2 aromatic carbocycles. The van der Waals surface area contributed by atoms with Gasteiger partial charge >= 0.3 is 0 Å². The topological polar surface area (TPSA) is 71.4 Å². The fourth-order valence-electron chi connectivity index (χ4n) is 3.02. The van der Waals surface area contributed by atoms with Crippen molar-refractivity contribution in [1.29, 1.82) is 0 Å². The lowest BCUT2D eigenvalue weighted by Crippen LogP contribution is -2.37. The zero-order valence-electron chi connectivity index (χ0n) is 12.9. The Morgan fingerprint density at radius 1 is 0.958 bits per heavy atom. The van der Waals surface area contributed by atoms with E-state index in [-0.39, 0.29) is 11.3 Å². The van der Waals surface area contributed by atoms with E-state index in [1.54, 1.807) is 60.7 Å². The molecule has 0 saturated carbocycles. The molecule has 0 saturated heterocycles. The zero-order chi connectivity index (χ0) is 17.2. The maximum atomic E-state index is 13.1. The summed E-state index contributed by atoms with van der Waals surface area (Å²) in [6.07, 6.45) is 2.70. The van der Waals surface area contributed by atoms with Crippen molar-refractivity contribution < 1.29 is 18.3 Å². The van der Waals surface area contributed by atoms with Crippen LogP contribution >= 0.6 is 0 Å². The Labute approximate surface area is 141 Å². The van der Waals surface area contributed by atoms with Crippen LogP contribution in [0.15, 0.2) is 77.7 Å². The van der Waals surface area contributed by atoms with Gasteiger partial charge in [0, 0.05) is 11.5 Å². The lowest BCUT2D eigenvalue weighted by molar-refractivity contribution is 0.0967. The highest BCUT2D eigenvalue weighted by atomic mass is 32.2. The Kier molecular flexibility index (Phi) is 4.64. The lowest BCUT2D eigenvalue weighted by atomic mass is 9.97. The van der Waals surface area contributed by atoms with Crippen molar-refractivity contribution in [3.05, 3.63) is 78.4 Å². The maximum absolute atomic E-state index is 13.1. The van der Waals surface area contributed by atoms with Crippen LogP contribution in [0.25, 0.3) is 0 Å². The highest BCUT2D eigenvalue weighted by molar-refractivity contribution is 7.92. The van der Waals surface area contributed by atoms with Crippen molar-refractivity contribution in [1.82, 2.24) is 0 Å². The first kappa shape index (κ1) is 16.6. The molecule has 4 nitrogen and oxygen atoms in total. The number of hydrogen-bond acceptors (Lipinski definition) is 4. The van der Waals surface area contributed by atoms with Crippen molar-refractivity contribution in [2.24, 2.45) is 5.92 Å². The molecule has 0 fully saturated rings. The van der Waals surface area contributed by atoms with Gasteiger partial charge in [-0.1, -0.05) is 60.7 Å². The molecular weight excluding hydrogens is 324 g/mol. The molecule has 1 aliphatic rings. The van der Waals surface area contributed by atoms with E-state index >= 15 is 0 Å². The first-order chi connectivity index (χ1) is 11.5. The van der Waals surface area contributed by atoms with Gasteiger partial charge in [0.15, 0.2) is 15.6 Å². The number of allylic oxidation sites excluding steroid dienone is 1. The fourth-order valence-corrected chi connectivity index (χ4v) is 4.93. The zero-order valence-corrected chi connectivity index (χ0v) is 13.8. The van der Waals surface area contributed by atoms with E-state index in [4.69, 9.17) is 0 Å². The molecule has 0 aromatic heterocycles. The van der Waals surface area contributed by atoms with Crippen molar-refractivity contribution in [2.45, 2.75) is 22.7 Å². The molecule has 1 N–H and O–H groups in total. The molecule has 24 heavy (non-hydrogen) atoms. The van der Waals surface area contributed by atoms with E-state index < -0.39 is 32.9 Å². The van der Waals surface area contributed by atoms with E-state index in [2.05, 4.69) is 0 Å². The third kappa shape index (κ3) is 3.18. The van der Waals surface area contributed by atoms with Crippen LogP contribution in [0.5, 0.6) is 0 Å². The molecule has 0 spiro atoms. The van der Waals surface area contributed by atoms with Gasteiger partial charge in [0.25, 0.3) is 0 Å². The molecule has 3 rings (SSSR count). The number of carbonyl (C=O) groups excluding carboxylic acids is 1. The SMILES string of the molecule is O=C(c1ccccc1)C([C@H]1C=C[C@@H](O)C1)S(=O)(=O)c1ccccc1. The number of sulfone groups is 1. The van der Waals surface area contributed by atoms with Gasteiger partial charge < -0.3 is 5.11 Å². The Bertz CT molecular complexity index is 841. The second-order valence-corrected chi connectivity index (χ2v) is 7.93. The average Bonchev–Trinajstić information content (AvgIpc) is 3.02. The van der Waals surface area contributed by atoms with Gasteiger partial charge in [-0.15, -0.1) is 0 Å². The first-order valence-electron chi connectivity index (χ1n) is 7.75. The van der Waals surface area contributed by atoms with Gasteiger partial charge in [0.2, 0.25) is 0 Å². The molecule has 5 heteroatoms. The Morgan fingerprint density at radius 3 is 2.08 bits per heavy atom. The van der Waals surface area contributed by atoms with Crippen LogP contribution in [0.3, 0.4) is 0 Å². The monoisotopic (exact) mass is 342 g/mol. The summed E-state index contributed by atoms with van der Waals surface area (Å²) >= 11 is 0. The normalized spacial score (nSPS) is 21.5. The van der Waals surface area contributed by atoms with E-state index in [9.17, 15) is 18.3 Å². The highest BCUT2D eigenvalue weighted by Crippen LogP contribution is 2.31. The molecular formula is C19H18O4S. The average molecular weight is 342 g/mol. The fraction of sp³-hybridized carbons (Fsp3) is 0.211. The maximum Gasteiger partial charge on any atom is 0.189 e. The minimum Gasteiger partial charge on any atom is -0.389 e. The van der Waals surface area contributed by atoms with Crippen LogP contribution in [0.1, 0.15) is 16.8 Å². The summed E-state index contributed by atoms with van der Waals surface area (Å²) in [7, 11) is -3.87. The van der Waals surface area contributed by atoms with Gasteiger partial charge in [0.1, 0.15) is 5.25 Å². The van der Waals surface area contributed by atoms with E-state index in [1.807, 2.05) is 0 Å². The quantitative estimate of drug-likeness (QED) is 0.670. The van der Waals surface area contributed by atoms with Crippen molar-refractivity contribution >= 4 is 15.6 Å². The molecule has 0 radical (unpaired) electrons. The summed E-state index contributed by atoms with van der Waals surface area (Å²) < 4.78 is 26.2. The number of rotatable bonds is 5. The van der Waals surface area contributed by atoms with E-state index in [0.29, 0.717) is 5.56 Å². The number of aliphatic hydroxyl groups excluding tert-OH is 1. The van der Waals surface area contributed by atoms with Crippen LogP contribution in [0, 0.1) is 5.92 Å². The Morgan fingerprint density at radius 2 is 1.54 bits per heavy atom. The van der Waals surface area contributed by atoms with Gasteiger partial charge in [0.05, 0.1) is 11.0 Å². The number of aliphatic hydroxyl groups is 1. The molecule has 3 atom stereocenters. The second kappa shape index (κ2) is 6.71. The van der Waals surface area contributed by atoms with Crippen LogP contribution in [0.4, 0.5) is 0 Å². The van der Waals surface area contributed by atoms with Gasteiger partial charge in [-0.2, -0.15) is 0 Å². The molecule has 1 unspecified atom stereocenters. The largest absolute Gasteiger partial charge is 0.389 e. The number of Topliss-reactive ketones (excluding diaryl/α,β-unsaturated/α-hetero) is 1. The highest BCUT2D eigenvalue weighted by Gasteiger charge is 2.41. The number of hydrogen-bond donors (Lipinski definition) is 1. The van der Waals surface area contributed by atoms with Crippen molar-refractivity contribution in [2.75, 3.05) is 0 Å². The standard InChI is InChI=1S/C19H18O4S/c20-16-12-11-15(13-16)19(18(21)14-7-3-1-4-8-14)24(22,23)17-9-5-2-6-10-17/h1-12,15-16,19-20H,13H2/t15-,16+,19?/m0/s1. The number of benzene rings is 2. The summed E-state index contributed by atoms with van der Waals surface area (Å²) in [5, 5.41) is 8.50. The third-order valence-corrected chi connectivity index (χ3v) is 6.37. The number of ketones is 1. The predicted molar refractivity (Wildman–Crippen MR) is 91.4 cm³/mol. The van der Waals surface area contributed by atoms with E-state index in [0.717, 1.165) is 0 Å². The Balaban J connectivity index is 2.06. The molecule has 0 amide bonds. The second-order valence-electron chi connectivity index (χ2n) is 5.86. The minimum absolute atomic E-state index is 0.120. The number of carbonyl (C=O) groups is 1. The molecule has 124 valence electrons. The summed E-state index contributed by atoms with van der Waals surface area (Å²) in [5.74, 6) is -0.985. The molecule has 1 aliphatic carbocycles. The predicted octanol–water partition coefficient (Wildman–Crippen LogP) is 2.65. The third-order valence-electron chi connectivity index (χ3n) is 4.21. The van der Waals surface area contributed by atoms with Crippen molar-refractivity contribution in [3.8, 4) is 0 Å². The summed E-state index contributed by atoms with van der Waals surface area (Å²) in [4.78, 5) is 13.1. The van der Waals surface area contributed by atoms with Gasteiger partial charge in [-0.3, -0.25) is 4.79 Å². The van der Waals surface area contributed by atoms with Crippen LogP contribution in [0.2, 0.25) is 0 Å². The molecule has 2 aromatic rings. The molecule has 0 heterocycles. The summed E-state index contributed by atoms with van der Waals surface area (Å²) in [6.45, 7) is 0. The molecule has 0 bridgehead atoms. The summed E-state index contributed by atoms with van der Waals surface area (Å²) in [6, 6.07) is 16.4. The lowest BCUT2D eigenvalue weighted by Gasteiger charge is -2.22. The first-order valence-corrected chi connectivity index (χ1v) is 9.29. The van der Waals surface area contributed by atoms with Crippen LogP contribution < -0.4 is 0 Å². The van der Waals surface area contributed by atoms with Crippen LogP contribution in [-0.2, 0) is 9.84 Å². The smallest absolute Gasteiger partial charge is 0.189 e. The van der Waals surface area contributed by atoms with Crippen molar-refractivity contribution in [3.63, 3.8) is 0 Å². The molecule has 0 aliphatic heterocycles. The Hall–Kier alpha value is -2.24. The van der Waals surface area contributed by atoms with E-state index in [1.165, 1.54) is 12.1 Å². The van der Waals surface area contributed by atoms with Crippen LogP contribution in [-0.4, -0.2) is 30.7 Å². The van der Waals surface area contributed by atoms with Gasteiger partial charge in [-0.25, -0.2) is 8.42 Å². The minimum atomic E-state index is -3.87. The summed E-state index contributed by atoms with van der Waals surface area (Å²) in [5.41, 5.74) is 0.358. The van der Waals surface area contributed by atoms with Gasteiger partial charge in [-0.05, 0) is 18.6 Å².